The lowest BCUT2D eigenvalue weighted by molar-refractivity contribution is 0.450. The van der Waals surface area contributed by atoms with Crippen LogP contribution < -0.4 is 5.32 Å². The van der Waals surface area contributed by atoms with E-state index in [9.17, 15) is 9.50 Å². The Hall–Kier alpha value is -1.60. The fourth-order valence-corrected chi connectivity index (χ4v) is 1.89. The van der Waals surface area contributed by atoms with Gasteiger partial charge in [-0.3, -0.25) is 0 Å². The third-order valence-corrected chi connectivity index (χ3v) is 2.67. The van der Waals surface area contributed by atoms with E-state index >= 15 is 0 Å². The molecular weight excluding hydrogens is 195 g/mol. The highest BCUT2D eigenvalue weighted by Gasteiger charge is 2.21. The van der Waals surface area contributed by atoms with E-state index in [1.54, 1.807) is 6.07 Å². The number of phenols is 1. The molecule has 1 fully saturated rings. The zero-order valence-corrected chi connectivity index (χ0v) is 8.13. The zero-order chi connectivity index (χ0) is 10.8. The second-order valence-electron chi connectivity index (χ2n) is 3.65. The Kier molecular flexibility index (Phi) is 2.57. The summed E-state index contributed by atoms with van der Waals surface area (Å²) >= 11 is 0. The van der Waals surface area contributed by atoms with Gasteiger partial charge in [-0.15, -0.1) is 0 Å². The first-order chi connectivity index (χ1) is 7.22. The molecule has 1 saturated heterocycles. The number of nitriles is 1. The van der Waals surface area contributed by atoms with Gasteiger partial charge in [-0.05, 0) is 25.5 Å². The SMILES string of the molecule is N#Cc1cc([C@@H]2CCCN2)c(O)cc1F. The average Bonchev–Trinajstić information content (AvgIpc) is 2.71. The van der Waals surface area contributed by atoms with E-state index in [0.717, 1.165) is 25.5 Å². The Labute approximate surface area is 87.2 Å². The van der Waals surface area contributed by atoms with Gasteiger partial charge in [0.25, 0.3) is 0 Å². The molecule has 1 aliphatic heterocycles. The minimum absolute atomic E-state index is 0.0171. The highest BCUT2D eigenvalue weighted by Crippen LogP contribution is 2.31. The van der Waals surface area contributed by atoms with Crippen LogP contribution in [-0.4, -0.2) is 11.7 Å². The maximum atomic E-state index is 13.1. The number of hydrogen-bond acceptors (Lipinski definition) is 3. The van der Waals surface area contributed by atoms with Crippen molar-refractivity contribution in [3.05, 3.63) is 29.1 Å². The van der Waals surface area contributed by atoms with E-state index in [1.165, 1.54) is 6.07 Å². The summed E-state index contributed by atoms with van der Waals surface area (Å²) < 4.78 is 13.1. The molecule has 1 heterocycles. The normalized spacial score (nSPS) is 20.1. The van der Waals surface area contributed by atoms with Crippen molar-refractivity contribution in [1.82, 2.24) is 5.32 Å². The summed E-state index contributed by atoms with van der Waals surface area (Å²) in [6.45, 7) is 0.892. The van der Waals surface area contributed by atoms with Gasteiger partial charge in [0.2, 0.25) is 0 Å². The maximum Gasteiger partial charge on any atom is 0.144 e. The van der Waals surface area contributed by atoms with Crippen molar-refractivity contribution in [2.24, 2.45) is 0 Å². The third-order valence-electron chi connectivity index (χ3n) is 2.67. The molecule has 0 aromatic heterocycles. The Bertz CT molecular complexity index is 419. The van der Waals surface area contributed by atoms with Crippen LogP contribution in [0.5, 0.6) is 5.75 Å². The largest absolute Gasteiger partial charge is 0.508 e. The second-order valence-corrected chi connectivity index (χ2v) is 3.65. The quantitative estimate of drug-likeness (QED) is 0.737. The summed E-state index contributed by atoms with van der Waals surface area (Å²) in [4.78, 5) is 0. The second kappa shape index (κ2) is 3.87. The van der Waals surface area contributed by atoms with Crippen LogP contribution in [0.1, 0.15) is 30.0 Å². The lowest BCUT2D eigenvalue weighted by Gasteiger charge is -2.12. The summed E-state index contributed by atoms with van der Waals surface area (Å²) in [6.07, 6.45) is 1.94. The van der Waals surface area contributed by atoms with Gasteiger partial charge in [-0.2, -0.15) is 5.26 Å². The minimum Gasteiger partial charge on any atom is -0.508 e. The molecule has 0 spiro atoms. The van der Waals surface area contributed by atoms with Crippen LogP contribution in [0, 0.1) is 17.1 Å². The van der Waals surface area contributed by atoms with Crippen molar-refractivity contribution in [2.45, 2.75) is 18.9 Å². The predicted molar refractivity (Wildman–Crippen MR) is 52.8 cm³/mol. The Morgan fingerprint density at radius 3 is 2.93 bits per heavy atom. The maximum absolute atomic E-state index is 13.1. The van der Waals surface area contributed by atoms with Gasteiger partial charge >= 0.3 is 0 Å². The van der Waals surface area contributed by atoms with Gasteiger partial charge in [0.05, 0.1) is 5.56 Å². The Morgan fingerprint density at radius 1 is 1.53 bits per heavy atom. The molecule has 0 amide bonds. The van der Waals surface area contributed by atoms with E-state index in [1.807, 2.05) is 0 Å². The summed E-state index contributed by atoms with van der Waals surface area (Å²) in [6, 6.07) is 4.24. The third kappa shape index (κ3) is 1.79. The molecule has 0 unspecified atom stereocenters. The van der Waals surface area contributed by atoms with Crippen molar-refractivity contribution in [3.63, 3.8) is 0 Å². The number of nitrogens with one attached hydrogen (secondary N) is 1. The number of rotatable bonds is 1. The van der Waals surface area contributed by atoms with Crippen molar-refractivity contribution < 1.29 is 9.50 Å². The minimum atomic E-state index is -0.670. The average molecular weight is 206 g/mol. The van der Waals surface area contributed by atoms with Crippen LogP contribution in [0.15, 0.2) is 12.1 Å². The molecule has 0 radical (unpaired) electrons. The first kappa shape index (κ1) is 9.94. The first-order valence-corrected chi connectivity index (χ1v) is 4.88. The van der Waals surface area contributed by atoms with Crippen molar-refractivity contribution in [1.29, 1.82) is 5.26 Å². The lowest BCUT2D eigenvalue weighted by atomic mass is 10.0. The first-order valence-electron chi connectivity index (χ1n) is 4.88. The van der Waals surface area contributed by atoms with Gasteiger partial charge in [-0.1, -0.05) is 0 Å². The van der Waals surface area contributed by atoms with E-state index in [2.05, 4.69) is 5.32 Å². The number of hydrogen-bond donors (Lipinski definition) is 2. The monoisotopic (exact) mass is 206 g/mol. The lowest BCUT2D eigenvalue weighted by Crippen LogP contribution is -2.13. The van der Waals surface area contributed by atoms with Crippen LogP contribution in [0.4, 0.5) is 4.39 Å². The summed E-state index contributed by atoms with van der Waals surface area (Å²) in [5.74, 6) is -0.748. The van der Waals surface area contributed by atoms with E-state index in [-0.39, 0.29) is 17.4 Å². The zero-order valence-electron chi connectivity index (χ0n) is 8.13. The summed E-state index contributed by atoms with van der Waals surface area (Å²) in [5.41, 5.74) is 0.599. The number of benzene rings is 1. The van der Waals surface area contributed by atoms with E-state index in [0.29, 0.717) is 5.56 Å². The smallest absolute Gasteiger partial charge is 0.144 e. The summed E-state index contributed by atoms with van der Waals surface area (Å²) in [5, 5.41) is 21.5. The molecular formula is C11H11FN2O. The Morgan fingerprint density at radius 2 is 2.33 bits per heavy atom. The van der Waals surface area contributed by atoms with Gasteiger partial charge in [-0.25, -0.2) is 4.39 Å². The van der Waals surface area contributed by atoms with E-state index in [4.69, 9.17) is 5.26 Å². The molecule has 1 aliphatic rings. The van der Waals surface area contributed by atoms with Gasteiger partial charge in [0, 0.05) is 17.7 Å². The molecule has 0 aliphatic carbocycles. The number of aromatic hydroxyl groups is 1. The summed E-state index contributed by atoms with van der Waals surface area (Å²) in [7, 11) is 0. The van der Waals surface area contributed by atoms with Crippen LogP contribution >= 0.6 is 0 Å². The van der Waals surface area contributed by atoms with Crippen molar-refractivity contribution in [2.75, 3.05) is 6.54 Å². The number of halogens is 1. The van der Waals surface area contributed by atoms with Crippen LogP contribution in [0.25, 0.3) is 0 Å². The van der Waals surface area contributed by atoms with Gasteiger partial charge < -0.3 is 10.4 Å². The molecule has 2 N–H and O–H groups in total. The van der Waals surface area contributed by atoms with Gasteiger partial charge in [0.15, 0.2) is 0 Å². The molecule has 1 aromatic carbocycles. The molecule has 0 bridgehead atoms. The molecule has 3 nitrogen and oxygen atoms in total. The highest BCUT2D eigenvalue weighted by molar-refractivity contribution is 5.44. The van der Waals surface area contributed by atoms with Gasteiger partial charge in [0.1, 0.15) is 17.6 Å². The Balaban J connectivity index is 2.42. The molecule has 1 aromatic rings. The van der Waals surface area contributed by atoms with Crippen molar-refractivity contribution in [3.8, 4) is 11.8 Å². The van der Waals surface area contributed by atoms with Crippen LogP contribution in [0.2, 0.25) is 0 Å². The van der Waals surface area contributed by atoms with E-state index < -0.39 is 5.82 Å². The highest BCUT2D eigenvalue weighted by atomic mass is 19.1. The molecule has 0 saturated carbocycles. The predicted octanol–water partition coefficient (Wildman–Crippen LogP) is 1.83. The van der Waals surface area contributed by atoms with Crippen molar-refractivity contribution >= 4 is 0 Å². The van der Waals surface area contributed by atoms with Crippen LogP contribution in [-0.2, 0) is 0 Å². The number of phenolic OH excluding ortho intramolecular Hbond substituents is 1. The fraction of sp³-hybridized carbons (Fsp3) is 0.364. The molecule has 1 atom stereocenters. The molecule has 2 rings (SSSR count). The molecule has 15 heavy (non-hydrogen) atoms. The standard InChI is InChI=1S/C11H11FN2O/c12-9-5-11(15)8(4-7(9)6-13)10-2-1-3-14-10/h4-5,10,14-15H,1-3H2/t10-/m0/s1. The fourth-order valence-electron chi connectivity index (χ4n) is 1.89. The van der Waals surface area contributed by atoms with Crippen LogP contribution in [0.3, 0.4) is 0 Å². The molecule has 4 heteroatoms. The topological polar surface area (TPSA) is 56.0 Å². The molecule has 78 valence electrons. The number of nitrogens with zero attached hydrogens (tertiary/aromatic N) is 1.